The molecule has 2 heterocycles. The van der Waals surface area contributed by atoms with Crippen LogP contribution in [0.1, 0.15) is 52.9 Å². The number of fused-ring (bicyclic) bond motifs is 3. The lowest BCUT2D eigenvalue weighted by molar-refractivity contribution is -0.227. The predicted molar refractivity (Wildman–Crippen MR) is 59.0 cm³/mol. The van der Waals surface area contributed by atoms with Crippen LogP contribution in [0.25, 0.3) is 0 Å². The summed E-state index contributed by atoms with van der Waals surface area (Å²) in [6, 6.07) is 0. The van der Waals surface area contributed by atoms with Gasteiger partial charge < -0.3 is 9.47 Å². The zero-order valence-corrected chi connectivity index (χ0v) is 10.3. The van der Waals surface area contributed by atoms with Crippen LogP contribution in [0.5, 0.6) is 0 Å². The summed E-state index contributed by atoms with van der Waals surface area (Å²) in [7, 11) is 0. The zero-order chi connectivity index (χ0) is 11.6. The third-order valence-corrected chi connectivity index (χ3v) is 4.91. The topological polar surface area (TPSA) is 35.5 Å². The fraction of sp³-hybridized carbons (Fsp3) is 0.923. The Morgan fingerprint density at radius 3 is 2.25 bits per heavy atom. The first-order chi connectivity index (χ1) is 7.41. The first-order valence-electron chi connectivity index (χ1n) is 6.34. The summed E-state index contributed by atoms with van der Waals surface area (Å²) in [5.41, 5.74) is -0.792. The van der Waals surface area contributed by atoms with Gasteiger partial charge in [-0.25, -0.2) is 0 Å². The number of rotatable bonds is 0. The van der Waals surface area contributed by atoms with E-state index in [0.717, 1.165) is 25.7 Å². The van der Waals surface area contributed by atoms with Crippen molar-refractivity contribution in [2.24, 2.45) is 5.41 Å². The summed E-state index contributed by atoms with van der Waals surface area (Å²) in [6.45, 7) is 5.80. The number of ketones is 1. The molecule has 0 amide bonds. The van der Waals surface area contributed by atoms with Gasteiger partial charge in [0.1, 0.15) is 11.7 Å². The normalized spacial score (nSPS) is 44.2. The molecule has 0 unspecified atom stereocenters. The van der Waals surface area contributed by atoms with Gasteiger partial charge in [0.15, 0.2) is 11.6 Å². The second-order valence-electron chi connectivity index (χ2n) is 6.16. The summed E-state index contributed by atoms with van der Waals surface area (Å²) in [4.78, 5) is 12.4. The average Bonchev–Trinajstić information content (AvgIpc) is 2.60. The van der Waals surface area contributed by atoms with Crippen LogP contribution in [0.15, 0.2) is 0 Å². The van der Waals surface area contributed by atoms with Crippen molar-refractivity contribution in [2.75, 3.05) is 0 Å². The lowest BCUT2D eigenvalue weighted by Gasteiger charge is -2.44. The van der Waals surface area contributed by atoms with Crippen LogP contribution in [0, 0.1) is 5.41 Å². The van der Waals surface area contributed by atoms with E-state index in [0.29, 0.717) is 0 Å². The van der Waals surface area contributed by atoms with Gasteiger partial charge in [-0.1, -0.05) is 19.3 Å². The first-order valence-corrected chi connectivity index (χ1v) is 6.34. The second-order valence-corrected chi connectivity index (χ2v) is 6.16. The van der Waals surface area contributed by atoms with Gasteiger partial charge in [-0.15, -0.1) is 0 Å². The molecule has 0 aromatic carbocycles. The van der Waals surface area contributed by atoms with E-state index >= 15 is 0 Å². The molecule has 1 spiro atoms. The van der Waals surface area contributed by atoms with Crippen molar-refractivity contribution in [2.45, 2.75) is 70.4 Å². The number of hydrogen-bond acceptors (Lipinski definition) is 3. The van der Waals surface area contributed by atoms with Gasteiger partial charge in [0, 0.05) is 0 Å². The van der Waals surface area contributed by atoms with Gasteiger partial charge in [0.05, 0.1) is 5.41 Å². The van der Waals surface area contributed by atoms with Gasteiger partial charge in [0.2, 0.25) is 0 Å². The molecular weight excluding hydrogens is 204 g/mol. The van der Waals surface area contributed by atoms with E-state index in [-0.39, 0.29) is 17.5 Å². The van der Waals surface area contributed by atoms with Crippen LogP contribution in [0.3, 0.4) is 0 Å². The number of hydrogen-bond donors (Lipinski definition) is 0. The Kier molecular flexibility index (Phi) is 1.93. The Hall–Kier alpha value is -0.410. The molecule has 1 aliphatic carbocycles. The molecule has 2 saturated heterocycles. The lowest BCUT2D eigenvalue weighted by Crippen LogP contribution is -2.57. The largest absolute Gasteiger partial charge is 0.339 e. The predicted octanol–water partition coefficient (Wildman–Crippen LogP) is 2.43. The summed E-state index contributed by atoms with van der Waals surface area (Å²) >= 11 is 0. The van der Waals surface area contributed by atoms with Crippen LogP contribution < -0.4 is 0 Å². The van der Waals surface area contributed by atoms with Crippen LogP contribution in [-0.2, 0) is 14.3 Å². The third kappa shape index (κ3) is 1.04. The molecule has 0 N–H and O–H groups in total. The van der Waals surface area contributed by atoms with Crippen molar-refractivity contribution in [3.05, 3.63) is 0 Å². The van der Waals surface area contributed by atoms with Crippen LogP contribution in [0.4, 0.5) is 0 Å². The molecule has 90 valence electrons. The fourth-order valence-electron chi connectivity index (χ4n) is 3.43. The van der Waals surface area contributed by atoms with Gasteiger partial charge in [-0.05, 0) is 33.6 Å². The molecule has 3 nitrogen and oxygen atoms in total. The van der Waals surface area contributed by atoms with Gasteiger partial charge in [0.25, 0.3) is 0 Å². The Labute approximate surface area is 96.5 Å². The molecule has 3 aliphatic rings. The summed E-state index contributed by atoms with van der Waals surface area (Å²) < 4.78 is 12.1. The highest BCUT2D eigenvalue weighted by Gasteiger charge is 2.72. The maximum Gasteiger partial charge on any atom is 0.179 e. The summed E-state index contributed by atoms with van der Waals surface area (Å²) in [6.07, 6.45) is 5.22. The van der Waals surface area contributed by atoms with Crippen molar-refractivity contribution in [1.82, 2.24) is 0 Å². The Morgan fingerprint density at radius 1 is 1.12 bits per heavy atom. The van der Waals surface area contributed by atoms with Crippen LogP contribution >= 0.6 is 0 Å². The molecule has 3 fully saturated rings. The third-order valence-electron chi connectivity index (χ3n) is 4.91. The molecule has 0 aromatic rings. The monoisotopic (exact) mass is 224 g/mol. The van der Waals surface area contributed by atoms with Crippen molar-refractivity contribution in [3.8, 4) is 0 Å². The first kappa shape index (κ1) is 10.7. The van der Waals surface area contributed by atoms with Crippen molar-refractivity contribution >= 4 is 5.78 Å². The second kappa shape index (κ2) is 2.88. The lowest BCUT2D eigenvalue weighted by atomic mass is 9.70. The molecule has 3 heteroatoms. The highest BCUT2D eigenvalue weighted by atomic mass is 16.8. The highest BCUT2D eigenvalue weighted by Crippen LogP contribution is 2.58. The molecule has 0 aromatic heterocycles. The Bertz CT molecular complexity index is 341. The molecule has 16 heavy (non-hydrogen) atoms. The molecular formula is C13H20O3. The summed E-state index contributed by atoms with van der Waals surface area (Å²) in [5.74, 6) is -0.463. The molecule has 1 saturated carbocycles. The molecule has 0 radical (unpaired) electrons. The van der Waals surface area contributed by atoms with E-state index in [4.69, 9.17) is 9.47 Å². The van der Waals surface area contributed by atoms with Crippen LogP contribution in [-0.4, -0.2) is 23.3 Å². The van der Waals surface area contributed by atoms with E-state index in [2.05, 4.69) is 0 Å². The standard InChI is InChI=1S/C13H20O3/c1-11(2)9(14)10-13(7-5-4-6-8-13)16-12(11,3)15-10/h10H,4-8H2,1-3H3/t10-,12-/m0/s1. The van der Waals surface area contributed by atoms with E-state index in [1.165, 1.54) is 6.42 Å². The van der Waals surface area contributed by atoms with E-state index in [1.54, 1.807) is 0 Å². The fourth-order valence-corrected chi connectivity index (χ4v) is 3.43. The van der Waals surface area contributed by atoms with E-state index in [9.17, 15) is 4.79 Å². The minimum atomic E-state index is -0.702. The highest BCUT2D eigenvalue weighted by molar-refractivity contribution is 5.93. The van der Waals surface area contributed by atoms with Gasteiger partial charge in [-0.3, -0.25) is 4.79 Å². The minimum Gasteiger partial charge on any atom is -0.339 e. The van der Waals surface area contributed by atoms with Crippen molar-refractivity contribution < 1.29 is 14.3 Å². The number of ether oxygens (including phenoxy) is 2. The zero-order valence-electron chi connectivity index (χ0n) is 10.3. The summed E-state index contributed by atoms with van der Waals surface area (Å²) in [5, 5.41) is 0. The average molecular weight is 224 g/mol. The molecule has 3 rings (SSSR count). The molecule has 2 aliphatic heterocycles. The Morgan fingerprint density at radius 2 is 1.75 bits per heavy atom. The number of carbonyl (C=O) groups excluding carboxylic acids is 1. The quantitative estimate of drug-likeness (QED) is 0.634. The number of Topliss-reactive ketones (excluding diaryl/α,β-unsaturated/α-hetero) is 1. The SMILES string of the molecule is CC1(C)C(=O)[C@@H]2O[C@@]1(C)OC21CCCCC1. The molecule has 2 bridgehead atoms. The maximum absolute atomic E-state index is 12.4. The number of carbonyl (C=O) groups is 1. The maximum atomic E-state index is 12.4. The minimum absolute atomic E-state index is 0.239. The Balaban J connectivity index is 1.98. The molecule has 2 atom stereocenters. The van der Waals surface area contributed by atoms with E-state index < -0.39 is 11.2 Å². The van der Waals surface area contributed by atoms with Gasteiger partial charge in [-0.2, -0.15) is 0 Å². The van der Waals surface area contributed by atoms with E-state index in [1.807, 2.05) is 20.8 Å². The smallest absolute Gasteiger partial charge is 0.179 e. The van der Waals surface area contributed by atoms with Crippen LogP contribution in [0.2, 0.25) is 0 Å². The van der Waals surface area contributed by atoms with Crippen molar-refractivity contribution in [1.29, 1.82) is 0 Å². The van der Waals surface area contributed by atoms with Crippen molar-refractivity contribution in [3.63, 3.8) is 0 Å². The van der Waals surface area contributed by atoms with Gasteiger partial charge >= 0.3 is 0 Å².